The van der Waals surface area contributed by atoms with Crippen LogP contribution in [-0.2, 0) is 10.2 Å². The van der Waals surface area contributed by atoms with Crippen LogP contribution >= 0.6 is 0 Å². The van der Waals surface area contributed by atoms with Gasteiger partial charge in [-0.1, -0.05) is 19.8 Å². The lowest BCUT2D eigenvalue weighted by atomic mass is 9.93. The molecule has 90 valence electrons. The molecule has 0 aromatic carbocycles. The molecule has 0 amide bonds. The van der Waals surface area contributed by atoms with Crippen molar-refractivity contribution in [2.75, 3.05) is 6.54 Å². The fourth-order valence-electron chi connectivity index (χ4n) is 1.73. The molecular formula is C9H20N2O3S. The van der Waals surface area contributed by atoms with Crippen LogP contribution in [0, 0.1) is 0 Å². The summed E-state index contributed by atoms with van der Waals surface area (Å²) in [5.74, 6) is 0. The smallest absolute Gasteiger partial charge is 0.277 e. The fraction of sp³-hybridized carbons (Fsp3) is 1.00. The van der Waals surface area contributed by atoms with Crippen LogP contribution < -0.4 is 9.44 Å². The highest BCUT2D eigenvalue weighted by molar-refractivity contribution is 7.87. The molecule has 15 heavy (non-hydrogen) atoms. The van der Waals surface area contributed by atoms with E-state index in [1.54, 1.807) is 0 Å². The fourth-order valence-corrected chi connectivity index (χ4v) is 2.96. The summed E-state index contributed by atoms with van der Waals surface area (Å²) in [5.41, 5.74) is 0. The van der Waals surface area contributed by atoms with Crippen LogP contribution in [0.3, 0.4) is 0 Å². The molecular weight excluding hydrogens is 216 g/mol. The third-order valence-corrected chi connectivity index (χ3v) is 3.78. The molecule has 0 saturated heterocycles. The van der Waals surface area contributed by atoms with Gasteiger partial charge in [-0.3, -0.25) is 0 Å². The van der Waals surface area contributed by atoms with E-state index in [1.807, 2.05) is 6.92 Å². The Morgan fingerprint density at radius 3 is 2.60 bits per heavy atom. The Labute approximate surface area is 91.4 Å². The van der Waals surface area contributed by atoms with Gasteiger partial charge < -0.3 is 5.11 Å². The number of rotatable bonds is 5. The van der Waals surface area contributed by atoms with Crippen LogP contribution in [0.15, 0.2) is 0 Å². The lowest BCUT2D eigenvalue weighted by Crippen LogP contribution is -2.49. The van der Waals surface area contributed by atoms with Crippen molar-refractivity contribution in [2.24, 2.45) is 0 Å². The van der Waals surface area contributed by atoms with Crippen LogP contribution in [0.4, 0.5) is 0 Å². The number of aliphatic hydroxyl groups is 1. The van der Waals surface area contributed by atoms with Gasteiger partial charge in [-0.25, -0.2) is 4.72 Å². The second-order valence-electron chi connectivity index (χ2n) is 3.97. The predicted molar refractivity (Wildman–Crippen MR) is 58.6 cm³/mol. The zero-order valence-corrected chi connectivity index (χ0v) is 9.89. The van der Waals surface area contributed by atoms with Crippen LogP contribution in [0.2, 0.25) is 0 Å². The average molecular weight is 236 g/mol. The lowest BCUT2D eigenvalue weighted by molar-refractivity contribution is 0.101. The quantitative estimate of drug-likeness (QED) is 0.634. The molecule has 1 aliphatic rings. The Hall–Kier alpha value is -0.170. The molecule has 0 bridgehead atoms. The minimum atomic E-state index is -3.44. The van der Waals surface area contributed by atoms with E-state index < -0.39 is 16.3 Å². The third-order valence-electron chi connectivity index (χ3n) is 2.58. The number of hydrogen-bond acceptors (Lipinski definition) is 3. The van der Waals surface area contributed by atoms with Crippen LogP contribution in [0.1, 0.15) is 39.0 Å². The zero-order valence-electron chi connectivity index (χ0n) is 9.07. The van der Waals surface area contributed by atoms with E-state index >= 15 is 0 Å². The minimum absolute atomic E-state index is 0.326. The van der Waals surface area contributed by atoms with Crippen molar-refractivity contribution in [2.45, 2.75) is 51.2 Å². The molecule has 5 nitrogen and oxygen atoms in total. The van der Waals surface area contributed by atoms with Crippen molar-refractivity contribution in [1.82, 2.24) is 9.44 Å². The Morgan fingerprint density at radius 1 is 1.33 bits per heavy atom. The number of hydrogen-bond donors (Lipinski definition) is 3. The van der Waals surface area contributed by atoms with Gasteiger partial charge in [-0.05, 0) is 19.3 Å². The van der Waals surface area contributed by atoms with E-state index in [1.165, 1.54) is 0 Å². The monoisotopic (exact) mass is 236 g/mol. The molecule has 2 atom stereocenters. The van der Waals surface area contributed by atoms with E-state index in [0.29, 0.717) is 19.4 Å². The molecule has 0 aromatic heterocycles. The standard InChI is InChI=1S/C9H20N2O3S/c1-2-7-10-15(13,14)11-8-5-3-4-6-9(8)12/h8-12H,2-7H2,1H3/t8-,9-/m1/s1. The molecule has 1 rings (SSSR count). The van der Waals surface area contributed by atoms with Gasteiger partial charge in [-0.2, -0.15) is 13.1 Å². The summed E-state index contributed by atoms with van der Waals surface area (Å²) < 4.78 is 27.9. The van der Waals surface area contributed by atoms with Gasteiger partial charge in [0.15, 0.2) is 0 Å². The largest absolute Gasteiger partial charge is 0.391 e. The van der Waals surface area contributed by atoms with Crippen molar-refractivity contribution < 1.29 is 13.5 Å². The first-order valence-corrected chi connectivity index (χ1v) is 6.98. The van der Waals surface area contributed by atoms with Gasteiger partial charge in [0.05, 0.1) is 6.10 Å². The first-order chi connectivity index (χ1) is 7.05. The summed E-state index contributed by atoms with van der Waals surface area (Å²) in [4.78, 5) is 0. The normalized spacial score (nSPS) is 27.9. The lowest BCUT2D eigenvalue weighted by Gasteiger charge is -2.28. The highest BCUT2D eigenvalue weighted by atomic mass is 32.2. The summed E-state index contributed by atoms with van der Waals surface area (Å²) in [6, 6.07) is -0.326. The van der Waals surface area contributed by atoms with Crippen molar-refractivity contribution in [3.05, 3.63) is 0 Å². The van der Waals surface area contributed by atoms with Crippen LogP contribution in [0.25, 0.3) is 0 Å². The van der Waals surface area contributed by atoms with Gasteiger partial charge >= 0.3 is 0 Å². The molecule has 3 N–H and O–H groups in total. The highest BCUT2D eigenvalue weighted by Crippen LogP contribution is 2.18. The summed E-state index contributed by atoms with van der Waals surface area (Å²) >= 11 is 0. The summed E-state index contributed by atoms with van der Waals surface area (Å²) in [6.07, 6.45) is 3.56. The van der Waals surface area contributed by atoms with Gasteiger partial charge in [0, 0.05) is 12.6 Å². The molecule has 0 spiro atoms. The average Bonchev–Trinajstić information content (AvgIpc) is 2.18. The van der Waals surface area contributed by atoms with Gasteiger partial charge in [0.1, 0.15) is 0 Å². The maximum absolute atomic E-state index is 11.5. The molecule has 1 aliphatic carbocycles. The summed E-state index contributed by atoms with van der Waals surface area (Å²) in [7, 11) is -3.44. The first-order valence-electron chi connectivity index (χ1n) is 5.50. The second-order valence-corrected chi connectivity index (χ2v) is 5.51. The first kappa shape index (κ1) is 12.9. The predicted octanol–water partition coefficient (Wildman–Crippen LogP) is 0.124. The van der Waals surface area contributed by atoms with Crippen molar-refractivity contribution in [3.63, 3.8) is 0 Å². The molecule has 0 aromatic rings. The maximum atomic E-state index is 11.5. The molecule has 0 radical (unpaired) electrons. The molecule has 0 unspecified atom stereocenters. The van der Waals surface area contributed by atoms with Gasteiger partial charge in [-0.15, -0.1) is 0 Å². The number of aliphatic hydroxyl groups excluding tert-OH is 1. The van der Waals surface area contributed by atoms with E-state index in [-0.39, 0.29) is 6.04 Å². The molecule has 6 heteroatoms. The molecule has 0 aliphatic heterocycles. The number of nitrogens with one attached hydrogen (secondary N) is 2. The van der Waals surface area contributed by atoms with Gasteiger partial charge in [0.2, 0.25) is 0 Å². The van der Waals surface area contributed by atoms with Crippen LogP contribution in [-0.4, -0.2) is 32.2 Å². The minimum Gasteiger partial charge on any atom is -0.391 e. The Bertz CT molecular complexity index is 279. The third kappa shape index (κ3) is 4.46. The van der Waals surface area contributed by atoms with Gasteiger partial charge in [0.25, 0.3) is 10.2 Å². The Morgan fingerprint density at radius 2 is 2.00 bits per heavy atom. The molecule has 0 heterocycles. The van der Waals surface area contributed by atoms with Crippen molar-refractivity contribution in [3.8, 4) is 0 Å². The molecule has 1 fully saturated rings. The Balaban J connectivity index is 2.44. The van der Waals surface area contributed by atoms with Crippen molar-refractivity contribution >= 4 is 10.2 Å². The van der Waals surface area contributed by atoms with E-state index in [0.717, 1.165) is 19.3 Å². The topological polar surface area (TPSA) is 78.4 Å². The van der Waals surface area contributed by atoms with Crippen LogP contribution in [0.5, 0.6) is 0 Å². The maximum Gasteiger partial charge on any atom is 0.277 e. The van der Waals surface area contributed by atoms with Crippen molar-refractivity contribution in [1.29, 1.82) is 0 Å². The SMILES string of the molecule is CCCNS(=O)(=O)N[C@@H]1CCCC[C@H]1O. The zero-order chi connectivity index (χ0) is 11.3. The van der Waals surface area contributed by atoms with E-state index in [9.17, 15) is 13.5 Å². The molecule has 1 saturated carbocycles. The highest BCUT2D eigenvalue weighted by Gasteiger charge is 2.26. The summed E-state index contributed by atoms with van der Waals surface area (Å²) in [6.45, 7) is 2.33. The van der Waals surface area contributed by atoms with E-state index in [4.69, 9.17) is 0 Å². The van der Waals surface area contributed by atoms with E-state index in [2.05, 4.69) is 9.44 Å². The summed E-state index contributed by atoms with van der Waals surface area (Å²) in [5, 5.41) is 9.60. The Kier molecular flexibility index (Phi) is 4.98. The second kappa shape index (κ2) is 5.79.